The van der Waals surface area contributed by atoms with Crippen molar-refractivity contribution in [3.8, 4) is 0 Å². The number of hydrogen-bond acceptors (Lipinski definition) is 3. The average Bonchev–Trinajstić information content (AvgIpc) is 2.60. The van der Waals surface area contributed by atoms with Gasteiger partial charge in [0.2, 0.25) is 5.91 Å². The van der Waals surface area contributed by atoms with Crippen molar-refractivity contribution in [2.24, 2.45) is 5.73 Å². The Balaban J connectivity index is 2.45. The van der Waals surface area contributed by atoms with Crippen LogP contribution in [0.3, 0.4) is 0 Å². The van der Waals surface area contributed by atoms with Crippen LogP contribution >= 0.6 is 0 Å². The summed E-state index contributed by atoms with van der Waals surface area (Å²) in [4.78, 5) is 13.5. The highest BCUT2D eigenvalue weighted by Crippen LogP contribution is 2.30. The van der Waals surface area contributed by atoms with Crippen LogP contribution in [-0.4, -0.2) is 41.1 Å². The molecule has 0 heterocycles. The van der Waals surface area contributed by atoms with E-state index in [-0.39, 0.29) is 18.1 Å². The first-order valence-corrected chi connectivity index (χ1v) is 5.79. The maximum Gasteiger partial charge on any atom is 0.224 e. The lowest BCUT2D eigenvalue weighted by molar-refractivity contribution is -0.132. The maximum atomic E-state index is 11.9. The minimum atomic E-state index is -0.278. The Morgan fingerprint density at radius 2 is 2.07 bits per heavy atom. The summed E-state index contributed by atoms with van der Waals surface area (Å²) in [7, 11) is 0. The second-order valence-electron chi connectivity index (χ2n) is 4.44. The summed E-state index contributed by atoms with van der Waals surface area (Å²) in [5, 5.41) is 8.82. The van der Waals surface area contributed by atoms with E-state index in [4.69, 9.17) is 10.8 Å². The molecule has 0 saturated heterocycles. The zero-order valence-corrected chi connectivity index (χ0v) is 9.54. The molecule has 0 radical (unpaired) electrons. The number of amides is 1. The van der Waals surface area contributed by atoms with Gasteiger partial charge in [-0.2, -0.15) is 0 Å². The first kappa shape index (κ1) is 12.5. The SMILES string of the molecule is CCN(CCO)C(=O)CC1(N)CCCC1. The van der Waals surface area contributed by atoms with Gasteiger partial charge in [0.15, 0.2) is 0 Å². The number of aliphatic hydroxyl groups is 1. The molecule has 0 spiro atoms. The summed E-state index contributed by atoms with van der Waals surface area (Å²) in [6.07, 6.45) is 4.61. The van der Waals surface area contributed by atoms with Gasteiger partial charge in [0.25, 0.3) is 0 Å². The number of carbonyl (C=O) groups is 1. The molecule has 1 saturated carbocycles. The van der Waals surface area contributed by atoms with E-state index in [1.165, 1.54) is 0 Å². The third-order valence-corrected chi connectivity index (χ3v) is 3.21. The number of likely N-dealkylation sites (N-methyl/N-ethyl adjacent to an activating group) is 1. The summed E-state index contributed by atoms with van der Waals surface area (Å²) in [5.74, 6) is 0.0796. The summed E-state index contributed by atoms with van der Waals surface area (Å²) in [5.41, 5.74) is 5.86. The van der Waals surface area contributed by atoms with Crippen LogP contribution in [0.4, 0.5) is 0 Å². The smallest absolute Gasteiger partial charge is 0.224 e. The summed E-state index contributed by atoms with van der Waals surface area (Å²) < 4.78 is 0. The number of hydrogen-bond donors (Lipinski definition) is 2. The fourth-order valence-electron chi connectivity index (χ4n) is 2.25. The van der Waals surface area contributed by atoms with E-state index in [0.29, 0.717) is 19.5 Å². The zero-order valence-electron chi connectivity index (χ0n) is 9.54. The first-order chi connectivity index (χ1) is 7.11. The van der Waals surface area contributed by atoms with Crippen LogP contribution < -0.4 is 5.73 Å². The Morgan fingerprint density at radius 3 is 2.53 bits per heavy atom. The van der Waals surface area contributed by atoms with Crippen LogP contribution in [0.25, 0.3) is 0 Å². The topological polar surface area (TPSA) is 66.6 Å². The Bertz CT molecular complexity index is 213. The summed E-state index contributed by atoms with van der Waals surface area (Å²) in [6.45, 7) is 3.02. The normalized spacial score (nSPS) is 19.1. The highest BCUT2D eigenvalue weighted by atomic mass is 16.3. The molecule has 1 amide bonds. The van der Waals surface area contributed by atoms with Gasteiger partial charge in [-0.05, 0) is 19.8 Å². The Labute approximate surface area is 91.4 Å². The van der Waals surface area contributed by atoms with Crippen LogP contribution in [0.2, 0.25) is 0 Å². The molecule has 1 aliphatic rings. The van der Waals surface area contributed by atoms with Crippen molar-refractivity contribution < 1.29 is 9.90 Å². The zero-order chi connectivity index (χ0) is 11.3. The minimum Gasteiger partial charge on any atom is -0.395 e. The van der Waals surface area contributed by atoms with E-state index >= 15 is 0 Å². The fourth-order valence-corrected chi connectivity index (χ4v) is 2.25. The van der Waals surface area contributed by atoms with Crippen molar-refractivity contribution in [3.05, 3.63) is 0 Å². The summed E-state index contributed by atoms with van der Waals surface area (Å²) in [6, 6.07) is 0. The van der Waals surface area contributed by atoms with Gasteiger partial charge < -0.3 is 15.7 Å². The van der Waals surface area contributed by atoms with Gasteiger partial charge >= 0.3 is 0 Å². The molecule has 4 nitrogen and oxygen atoms in total. The van der Waals surface area contributed by atoms with Gasteiger partial charge in [0, 0.05) is 25.0 Å². The molecule has 88 valence electrons. The Kier molecular flexibility index (Phi) is 4.54. The lowest BCUT2D eigenvalue weighted by atomic mass is 9.94. The number of aliphatic hydroxyl groups excluding tert-OH is 1. The largest absolute Gasteiger partial charge is 0.395 e. The van der Waals surface area contributed by atoms with Crippen LogP contribution in [-0.2, 0) is 4.79 Å². The van der Waals surface area contributed by atoms with Crippen LogP contribution in [0.5, 0.6) is 0 Å². The first-order valence-electron chi connectivity index (χ1n) is 5.79. The Morgan fingerprint density at radius 1 is 1.47 bits per heavy atom. The quantitative estimate of drug-likeness (QED) is 0.700. The van der Waals surface area contributed by atoms with Gasteiger partial charge in [-0.1, -0.05) is 12.8 Å². The summed E-state index contributed by atoms with van der Waals surface area (Å²) >= 11 is 0. The van der Waals surface area contributed by atoms with Crippen molar-refractivity contribution in [1.29, 1.82) is 0 Å². The second kappa shape index (κ2) is 5.47. The van der Waals surface area contributed by atoms with E-state index in [2.05, 4.69) is 0 Å². The van der Waals surface area contributed by atoms with E-state index < -0.39 is 0 Å². The van der Waals surface area contributed by atoms with Gasteiger partial charge in [0.05, 0.1) is 6.61 Å². The van der Waals surface area contributed by atoms with Gasteiger partial charge in [-0.3, -0.25) is 4.79 Å². The molecule has 0 aromatic heterocycles. The number of rotatable bonds is 5. The van der Waals surface area contributed by atoms with Crippen LogP contribution in [0.15, 0.2) is 0 Å². The molecule has 0 bridgehead atoms. The van der Waals surface area contributed by atoms with E-state index in [1.807, 2.05) is 6.92 Å². The van der Waals surface area contributed by atoms with Crippen molar-refractivity contribution in [1.82, 2.24) is 4.90 Å². The minimum absolute atomic E-state index is 0.0250. The van der Waals surface area contributed by atoms with Crippen molar-refractivity contribution >= 4 is 5.91 Å². The molecule has 0 atom stereocenters. The highest BCUT2D eigenvalue weighted by Gasteiger charge is 2.32. The molecule has 1 fully saturated rings. The lowest BCUT2D eigenvalue weighted by Gasteiger charge is -2.27. The molecule has 0 unspecified atom stereocenters. The van der Waals surface area contributed by atoms with Crippen LogP contribution in [0, 0.1) is 0 Å². The second-order valence-corrected chi connectivity index (χ2v) is 4.44. The molecule has 0 aromatic carbocycles. The molecule has 1 aliphatic carbocycles. The van der Waals surface area contributed by atoms with Gasteiger partial charge in [-0.15, -0.1) is 0 Å². The number of nitrogens with zero attached hydrogens (tertiary/aromatic N) is 1. The predicted molar refractivity (Wildman–Crippen MR) is 59.3 cm³/mol. The molecular weight excluding hydrogens is 192 g/mol. The van der Waals surface area contributed by atoms with Gasteiger partial charge in [0.1, 0.15) is 0 Å². The van der Waals surface area contributed by atoms with Crippen molar-refractivity contribution in [2.45, 2.75) is 44.6 Å². The molecule has 4 heteroatoms. The average molecular weight is 214 g/mol. The molecule has 0 aliphatic heterocycles. The molecule has 15 heavy (non-hydrogen) atoms. The molecule has 1 rings (SSSR count). The molecule has 3 N–H and O–H groups in total. The van der Waals surface area contributed by atoms with E-state index in [0.717, 1.165) is 25.7 Å². The van der Waals surface area contributed by atoms with E-state index in [1.54, 1.807) is 4.90 Å². The van der Waals surface area contributed by atoms with Crippen molar-refractivity contribution in [2.75, 3.05) is 19.7 Å². The highest BCUT2D eigenvalue weighted by molar-refractivity contribution is 5.77. The Hall–Kier alpha value is -0.610. The predicted octanol–water partition coefficient (Wildman–Crippen LogP) is 0.489. The molecular formula is C11H22N2O2. The van der Waals surface area contributed by atoms with Gasteiger partial charge in [-0.25, -0.2) is 0 Å². The maximum absolute atomic E-state index is 11.9. The van der Waals surface area contributed by atoms with E-state index in [9.17, 15) is 4.79 Å². The number of carbonyl (C=O) groups excluding carboxylic acids is 1. The monoisotopic (exact) mass is 214 g/mol. The fraction of sp³-hybridized carbons (Fsp3) is 0.909. The third-order valence-electron chi connectivity index (χ3n) is 3.21. The number of nitrogens with two attached hydrogens (primary N) is 1. The standard InChI is InChI=1S/C11H22N2O2/c1-2-13(7-8-14)10(15)9-11(12)5-3-4-6-11/h14H,2-9,12H2,1H3. The third kappa shape index (κ3) is 3.47. The lowest BCUT2D eigenvalue weighted by Crippen LogP contribution is -2.44. The van der Waals surface area contributed by atoms with Crippen molar-refractivity contribution in [3.63, 3.8) is 0 Å². The molecule has 0 aromatic rings. The van der Waals surface area contributed by atoms with Crippen LogP contribution in [0.1, 0.15) is 39.0 Å².